The van der Waals surface area contributed by atoms with Crippen molar-refractivity contribution in [2.45, 2.75) is 121 Å². The predicted octanol–water partition coefficient (Wildman–Crippen LogP) is 4.27. The van der Waals surface area contributed by atoms with E-state index in [9.17, 15) is 19.2 Å². The van der Waals surface area contributed by atoms with Crippen molar-refractivity contribution >= 4 is 29.8 Å². The van der Waals surface area contributed by atoms with Crippen LogP contribution in [0, 0.1) is 5.41 Å². The number of unbranched alkanes of at least 4 members (excludes halogenated alkanes) is 4. The maximum Gasteiger partial charge on any atom is 0.327 e. The Morgan fingerprint density at radius 1 is 0.945 bits per heavy atom. The third kappa shape index (κ3) is 8.66. The third-order valence-corrected chi connectivity index (χ3v) is 11.2. The Morgan fingerprint density at radius 3 is 2.33 bits per heavy atom. The first-order valence-electron chi connectivity index (χ1n) is 19.8. The number of rotatable bonds is 18. The highest BCUT2D eigenvalue weighted by Gasteiger charge is 2.76. The molecule has 3 amide bonds. The van der Waals surface area contributed by atoms with Gasteiger partial charge in [0.25, 0.3) is 5.91 Å². The summed E-state index contributed by atoms with van der Waals surface area (Å²) in [6, 6.07) is 13.5. The molecule has 3 aliphatic heterocycles. The lowest BCUT2D eigenvalue weighted by atomic mass is 9.62. The lowest BCUT2D eigenvalue weighted by Gasteiger charge is -2.48. The molecule has 4 aliphatic rings. The lowest BCUT2D eigenvalue weighted by Crippen LogP contribution is -2.69. The Balaban J connectivity index is 1.30. The molecule has 3 heterocycles. The van der Waals surface area contributed by atoms with Crippen molar-refractivity contribution in [3.8, 4) is 0 Å². The summed E-state index contributed by atoms with van der Waals surface area (Å²) in [7, 11) is 3.39. The number of esters is 1. The van der Waals surface area contributed by atoms with Crippen LogP contribution in [0.1, 0.15) is 98.7 Å². The fourth-order valence-corrected chi connectivity index (χ4v) is 8.37. The number of benzene rings is 2. The van der Waals surface area contributed by atoms with Crippen LogP contribution in [0.4, 0.5) is 0 Å². The zero-order chi connectivity index (χ0) is 39.2. The van der Waals surface area contributed by atoms with Gasteiger partial charge >= 0.3 is 5.97 Å². The number of aliphatic hydroxyl groups is 1. The Bertz CT molecular complexity index is 1700. The highest BCUT2D eigenvalue weighted by molar-refractivity contribution is 5.95. The smallest absolute Gasteiger partial charge is 0.327 e. The van der Waals surface area contributed by atoms with Crippen LogP contribution in [0.2, 0.25) is 0 Å². The molecule has 0 aromatic heterocycles. The van der Waals surface area contributed by atoms with Crippen molar-refractivity contribution in [2.24, 2.45) is 5.41 Å². The molecule has 2 unspecified atom stereocenters. The first-order valence-corrected chi connectivity index (χ1v) is 19.8. The van der Waals surface area contributed by atoms with E-state index in [4.69, 9.17) is 24.2 Å². The van der Waals surface area contributed by atoms with E-state index in [2.05, 4.69) is 24.5 Å². The van der Waals surface area contributed by atoms with Gasteiger partial charge in [-0.05, 0) is 47.7 Å². The van der Waals surface area contributed by atoms with Crippen molar-refractivity contribution in [3.05, 3.63) is 76.9 Å². The summed E-state index contributed by atoms with van der Waals surface area (Å²) in [6.07, 6.45) is 8.05. The second kappa shape index (κ2) is 17.8. The average Bonchev–Trinajstić information content (AvgIpc) is 3.74. The van der Waals surface area contributed by atoms with E-state index in [0.717, 1.165) is 49.7 Å². The van der Waals surface area contributed by atoms with Gasteiger partial charge in [0.2, 0.25) is 11.8 Å². The number of likely N-dealkylation sites (N-methyl/N-ethyl adjacent to an activating group) is 1. The monoisotopic (exact) mass is 760 g/mol. The highest BCUT2D eigenvalue weighted by Crippen LogP contribution is 2.58. The summed E-state index contributed by atoms with van der Waals surface area (Å²) in [4.78, 5) is 61.9. The molecule has 13 heteroatoms. The van der Waals surface area contributed by atoms with Gasteiger partial charge in [0.05, 0.1) is 13.2 Å². The number of carbonyl (C=O) groups is 4. The first kappa shape index (κ1) is 40.5. The number of amides is 3. The van der Waals surface area contributed by atoms with Crippen LogP contribution in [-0.4, -0.2) is 102 Å². The van der Waals surface area contributed by atoms with Gasteiger partial charge in [-0.3, -0.25) is 24.0 Å². The molecular formula is C42H56N4O9. The van der Waals surface area contributed by atoms with E-state index in [-0.39, 0.29) is 50.4 Å². The first-order chi connectivity index (χ1) is 26.5. The summed E-state index contributed by atoms with van der Waals surface area (Å²) >= 11 is 0. The number of hydrogen-bond donors (Lipinski definition) is 3. The van der Waals surface area contributed by atoms with Gasteiger partial charge < -0.3 is 34.9 Å². The molecule has 2 aromatic rings. The SMILES string of the molecule is CCCCCC1(CCCCC)O[C@@H]2[C@H]3ON(Cc4ccc(C=CC(=O)N(C)C)cc4)[C@H]4C(=O)OC(CC34C(=O)NCc3cccc(C(=O)NCCO)c3)[C@@H]2O1. The Kier molecular flexibility index (Phi) is 13.1. The van der Waals surface area contributed by atoms with E-state index < -0.39 is 47.6 Å². The minimum atomic E-state index is -1.35. The Labute approximate surface area is 323 Å². The molecule has 2 bridgehead atoms. The predicted molar refractivity (Wildman–Crippen MR) is 204 cm³/mol. The van der Waals surface area contributed by atoms with Gasteiger partial charge in [-0.1, -0.05) is 75.9 Å². The molecule has 3 N–H and O–H groups in total. The molecule has 55 heavy (non-hydrogen) atoms. The number of hydrogen-bond acceptors (Lipinski definition) is 10. The molecule has 1 aliphatic carbocycles. The van der Waals surface area contributed by atoms with Crippen LogP contribution in [0.25, 0.3) is 6.08 Å². The van der Waals surface area contributed by atoms with E-state index in [1.54, 1.807) is 43.4 Å². The number of aliphatic hydroxyl groups excluding tert-OH is 1. The summed E-state index contributed by atoms with van der Waals surface area (Å²) in [6.45, 7) is 4.57. The van der Waals surface area contributed by atoms with Crippen molar-refractivity contribution < 1.29 is 43.3 Å². The number of carbonyl (C=O) groups excluding carboxylic acids is 4. The Morgan fingerprint density at radius 2 is 1.65 bits per heavy atom. The maximum atomic E-state index is 14.8. The quantitative estimate of drug-likeness (QED) is 0.114. The van der Waals surface area contributed by atoms with Crippen molar-refractivity contribution in [1.29, 1.82) is 0 Å². The summed E-state index contributed by atoms with van der Waals surface area (Å²) in [5.41, 5.74) is 1.42. The minimum absolute atomic E-state index is 0.107. The zero-order valence-corrected chi connectivity index (χ0v) is 32.5. The molecule has 4 fully saturated rings. The van der Waals surface area contributed by atoms with Gasteiger partial charge in [-0.25, -0.2) is 0 Å². The summed E-state index contributed by atoms with van der Waals surface area (Å²) < 4.78 is 20.0. The van der Waals surface area contributed by atoms with E-state index in [0.29, 0.717) is 24.0 Å². The van der Waals surface area contributed by atoms with Gasteiger partial charge in [-0.15, -0.1) is 0 Å². The second-order valence-corrected chi connectivity index (χ2v) is 15.4. The van der Waals surface area contributed by atoms with Crippen LogP contribution in [0.5, 0.6) is 0 Å². The second-order valence-electron chi connectivity index (χ2n) is 15.4. The molecular weight excluding hydrogens is 704 g/mol. The largest absolute Gasteiger partial charge is 0.458 e. The number of nitrogens with zero attached hydrogens (tertiary/aromatic N) is 2. The summed E-state index contributed by atoms with van der Waals surface area (Å²) in [5.74, 6) is -2.23. The Hall–Kier alpha value is -4.14. The van der Waals surface area contributed by atoms with E-state index in [1.807, 2.05) is 30.3 Å². The summed E-state index contributed by atoms with van der Waals surface area (Å²) in [5, 5.41) is 16.5. The van der Waals surface area contributed by atoms with Gasteiger partial charge in [0, 0.05) is 58.1 Å². The minimum Gasteiger partial charge on any atom is -0.458 e. The van der Waals surface area contributed by atoms with Crippen molar-refractivity contribution in [2.75, 3.05) is 27.2 Å². The molecule has 6 rings (SSSR count). The van der Waals surface area contributed by atoms with Gasteiger partial charge in [0.15, 0.2) is 11.8 Å². The molecule has 13 nitrogen and oxygen atoms in total. The molecule has 6 atom stereocenters. The third-order valence-electron chi connectivity index (χ3n) is 11.2. The standard InChI is InChI=1S/C42H56N4O9/c1-5-7-9-20-41(21-10-8-6-2)53-34-32-25-42(40(51)44-26-30-12-11-13-31(24-30)38(49)43-22-23-47)36(39(50)52-32)46(55-37(42)35(34)54-41)27-29-16-14-28(15-17-29)18-19-33(48)45(3)4/h11-19,24,32,34-37,47H,5-10,20-23,25-27H2,1-4H3,(H,43,49)(H,44,51)/t32?,34-,35-,36-,37+,42?/m0/s1. The maximum absolute atomic E-state index is 14.8. The van der Waals surface area contributed by atoms with Crippen LogP contribution in [-0.2, 0) is 46.5 Å². The molecule has 2 aromatic carbocycles. The molecule has 298 valence electrons. The van der Waals surface area contributed by atoms with E-state index in [1.165, 1.54) is 11.0 Å². The fraction of sp³-hybridized carbons (Fsp3) is 0.571. The molecule has 0 radical (unpaired) electrons. The molecule has 1 saturated carbocycles. The highest BCUT2D eigenvalue weighted by atomic mass is 16.8. The molecule has 3 saturated heterocycles. The number of hydroxylamine groups is 2. The van der Waals surface area contributed by atoms with Crippen LogP contribution in [0.15, 0.2) is 54.6 Å². The molecule has 0 spiro atoms. The van der Waals surface area contributed by atoms with Crippen LogP contribution < -0.4 is 10.6 Å². The average molecular weight is 761 g/mol. The topological polar surface area (TPSA) is 156 Å². The van der Waals surface area contributed by atoms with E-state index >= 15 is 0 Å². The number of fused-ring (bicyclic) bond motifs is 4. The lowest BCUT2D eigenvalue weighted by molar-refractivity contribution is -0.224. The van der Waals surface area contributed by atoms with Gasteiger partial charge in [0.1, 0.15) is 29.8 Å². The van der Waals surface area contributed by atoms with Crippen molar-refractivity contribution in [3.63, 3.8) is 0 Å². The fourth-order valence-electron chi connectivity index (χ4n) is 8.37. The number of nitrogens with one attached hydrogen (secondary N) is 2. The zero-order valence-electron chi connectivity index (χ0n) is 32.5. The van der Waals surface area contributed by atoms with Crippen LogP contribution in [0.3, 0.4) is 0 Å². The van der Waals surface area contributed by atoms with Gasteiger partial charge in [-0.2, -0.15) is 5.06 Å². The normalized spacial score (nSPS) is 26.4. The van der Waals surface area contributed by atoms with Crippen molar-refractivity contribution in [1.82, 2.24) is 20.6 Å². The number of ether oxygens (including phenoxy) is 3. The van der Waals surface area contributed by atoms with Crippen LogP contribution >= 0.6 is 0 Å².